The van der Waals surface area contributed by atoms with Crippen molar-refractivity contribution in [3.63, 3.8) is 0 Å². The number of aromatic hydroxyl groups is 1. The van der Waals surface area contributed by atoms with Crippen LogP contribution in [0, 0.1) is 6.92 Å². The maximum atomic E-state index is 13.3. The molecule has 1 aromatic carbocycles. The second kappa shape index (κ2) is 5.34. The van der Waals surface area contributed by atoms with Gasteiger partial charge in [-0.1, -0.05) is 0 Å². The zero-order valence-electron chi connectivity index (χ0n) is 11.4. The molecule has 3 rings (SSSR count). The lowest BCUT2D eigenvalue weighted by atomic mass is 10.1. The van der Waals surface area contributed by atoms with Crippen LogP contribution in [-0.4, -0.2) is 10.1 Å². The third-order valence-electron chi connectivity index (χ3n) is 3.11. The van der Waals surface area contributed by atoms with E-state index in [4.69, 9.17) is 4.42 Å². The number of alkyl halides is 3. The van der Waals surface area contributed by atoms with Crippen LogP contribution in [-0.2, 0) is 6.18 Å². The predicted molar refractivity (Wildman–Crippen MR) is 82.7 cm³/mol. The second-order valence-corrected chi connectivity index (χ2v) is 6.52. The number of fused-ring (bicyclic) bond motifs is 1. The van der Waals surface area contributed by atoms with Crippen molar-refractivity contribution in [2.75, 3.05) is 0 Å². The molecule has 120 valence electrons. The number of aryl methyl sites for hydroxylation is 1. The minimum atomic E-state index is -4.88. The summed E-state index contributed by atoms with van der Waals surface area (Å²) in [7, 11) is 0. The molecular formula is C14H7BrF3NO3S. The van der Waals surface area contributed by atoms with Gasteiger partial charge in [0.1, 0.15) is 10.2 Å². The van der Waals surface area contributed by atoms with Crippen LogP contribution >= 0.6 is 27.3 Å². The van der Waals surface area contributed by atoms with Crippen molar-refractivity contribution in [1.29, 1.82) is 0 Å². The number of phenolic OH excluding ortho intramolecular Hbond substituents is 1. The normalized spacial score (nSPS) is 12.0. The van der Waals surface area contributed by atoms with Crippen LogP contribution in [0.1, 0.15) is 10.8 Å². The van der Waals surface area contributed by atoms with Crippen LogP contribution in [0.3, 0.4) is 0 Å². The molecule has 9 heteroatoms. The summed E-state index contributed by atoms with van der Waals surface area (Å²) in [6, 6.07) is 2.41. The van der Waals surface area contributed by atoms with Crippen molar-refractivity contribution in [3.8, 4) is 17.0 Å². The minimum Gasteiger partial charge on any atom is -0.507 e. The minimum absolute atomic E-state index is 0.0803. The molecule has 0 aliphatic carbocycles. The molecule has 0 amide bonds. The van der Waals surface area contributed by atoms with Gasteiger partial charge in [0.25, 0.3) is 0 Å². The number of hydrogen-bond acceptors (Lipinski definition) is 5. The number of thiazole rings is 1. The van der Waals surface area contributed by atoms with Gasteiger partial charge in [0, 0.05) is 5.38 Å². The Bertz CT molecular complexity index is 978. The summed E-state index contributed by atoms with van der Waals surface area (Å²) < 4.78 is 44.9. The van der Waals surface area contributed by atoms with Crippen LogP contribution < -0.4 is 5.43 Å². The highest BCUT2D eigenvalue weighted by Crippen LogP contribution is 2.40. The summed E-state index contributed by atoms with van der Waals surface area (Å²) in [5, 5.41) is 11.4. The first kappa shape index (κ1) is 16.0. The Morgan fingerprint density at radius 3 is 2.61 bits per heavy atom. The van der Waals surface area contributed by atoms with Crippen LogP contribution in [0.25, 0.3) is 22.2 Å². The van der Waals surface area contributed by atoms with E-state index in [1.807, 2.05) is 0 Å². The van der Waals surface area contributed by atoms with E-state index in [1.54, 1.807) is 6.92 Å². The Morgan fingerprint density at radius 2 is 2.04 bits per heavy atom. The van der Waals surface area contributed by atoms with Crippen LogP contribution in [0.15, 0.2) is 31.2 Å². The van der Waals surface area contributed by atoms with Gasteiger partial charge >= 0.3 is 6.18 Å². The number of halogens is 4. The molecule has 0 spiro atoms. The van der Waals surface area contributed by atoms with E-state index in [9.17, 15) is 23.1 Å². The molecule has 0 aliphatic heterocycles. The molecule has 23 heavy (non-hydrogen) atoms. The van der Waals surface area contributed by atoms with Gasteiger partial charge in [0.2, 0.25) is 11.2 Å². The van der Waals surface area contributed by atoms with Gasteiger partial charge in [-0.05, 0) is 35.0 Å². The van der Waals surface area contributed by atoms with E-state index in [0.717, 1.165) is 11.3 Å². The van der Waals surface area contributed by atoms with Crippen molar-refractivity contribution in [2.24, 2.45) is 0 Å². The molecule has 0 radical (unpaired) electrons. The number of phenols is 1. The molecule has 0 atom stereocenters. The van der Waals surface area contributed by atoms with Gasteiger partial charge in [-0.15, -0.1) is 11.3 Å². The first-order valence-corrected chi connectivity index (χ1v) is 7.85. The summed E-state index contributed by atoms with van der Waals surface area (Å²) in [4.78, 5) is 16.5. The third-order valence-corrected chi connectivity index (χ3v) is 4.65. The van der Waals surface area contributed by atoms with Crippen molar-refractivity contribution < 1.29 is 22.7 Å². The van der Waals surface area contributed by atoms with Gasteiger partial charge in [0.15, 0.2) is 5.58 Å². The predicted octanol–water partition coefficient (Wildman–Crippen LogP) is 4.71. The van der Waals surface area contributed by atoms with E-state index >= 15 is 0 Å². The lowest BCUT2D eigenvalue weighted by molar-refractivity contribution is -0.152. The fraction of sp³-hybridized carbons (Fsp3) is 0.143. The molecule has 2 heterocycles. The van der Waals surface area contributed by atoms with E-state index in [1.165, 1.54) is 17.5 Å². The van der Waals surface area contributed by atoms with Gasteiger partial charge in [0.05, 0.1) is 21.7 Å². The number of nitrogens with zero attached hydrogens (tertiary/aromatic N) is 1. The average Bonchev–Trinajstić information content (AvgIpc) is 2.88. The van der Waals surface area contributed by atoms with E-state index in [-0.39, 0.29) is 26.9 Å². The van der Waals surface area contributed by atoms with E-state index in [2.05, 4.69) is 20.9 Å². The zero-order chi connectivity index (χ0) is 16.9. The highest BCUT2D eigenvalue weighted by Gasteiger charge is 2.40. The molecule has 0 unspecified atom stereocenters. The van der Waals surface area contributed by atoms with Crippen molar-refractivity contribution in [1.82, 2.24) is 4.98 Å². The van der Waals surface area contributed by atoms with Crippen molar-refractivity contribution >= 4 is 38.2 Å². The summed E-state index contributed by atoms with van der Waals surface area (Å²) in [6.07, 6.45) is -4.88. The highest BCUT2D eigenvalue weighted by molar-refractivity contribution is 9.10. The van der Waals surface area contributed by atoms with Gasteiger partial charge < -0.3 is 9.52 Å². The smallest absolute Gasteiger partial charge is 0.450 e. The molecule has 2 aromatic heterocycles. The topological polar surface area (TPSA) is 63.3 Å². The standard InChI is InChI=1S/C14H7BrF3NO3S/c1-5-19-7(4-23-5)9-11(21)6-2-3-8(20)10(15)12(6)22-13(9)14(16,17)18/h2-4,20H,1H3. The molecule has 0 bridgehead atoms. The Balaban J connectivity index is 2.50. The zero-order valence-corrected chi connectivity index (χ0v) is 13.8. The molecule has 0 saturated heterocycles. The van der Waals surface area contributed by atoms with Crippen LogP contribution in [0.4, 0.5) is 13.2 Å². The Labute approximate surface area is 139 Å². The second-order valence-electron chi connectivity index (χ2n) is 4.66. The Kier molecular flexibility index (Phi) is 3.72. The quantitative estimate of drug-likeness (QED) is 0.636. The molecule has 0 saturated carbocycles. The average molecular weight is 406 g/mol. The van der Waals surface area contributed by atoms with E-state index in [0.29, 0.717) is 5.01 Å². The van der Waals surface area contributed by atoms with Crippen LogP contribution in [0.2, 0.25) is 0 Å². The van der Waals surface area contributed by atoms with Crippen LogP contribution in [0.5, 0.6) is 5.75 Å². The number of aromatic nitrogens is 1. The van der Waals surface area contributed by atoms with Crippen molar-refractivity contribution in [3.05, 3.63) is 43.0 Å². The molecule has 0 fully saturated rings. The fourth-order valence-electron chi connectivity index (χ4n) is 2.13. The maximum absolute atomic E-state index is 13.3. The number of hydrogen-bond donors (Lipinski definition) is 1. The number of rotatable bonds is 1. The first-order valence-electron chi connectivity index (χ1n) is 6.18. The summed E-state index contributed by atoms with van der Waals surface area (Å²) in [5.41, 5.74) is -1.94. The van der Waals surface area contributed by atoms with Gasteiger partial charge in [-0.2, -0.15) is 13.2 Å². The Hall–Kier alpha value is -1.87. The monoisotopic (exact) mass is 405 g/mol. The molecule has 3 aromatic rings. The molecular weight excluding hydrogens is 399 g/mol. The molecule has 0 aliphatic rings. The summed E-state index contributed by atoms with van der Waals surface area (Å²) in [5.74, 6) is -1.77. The van der Waals surface area contributed by atoms with Crippen molar-refractivity contribution in [2.45, 2.75) is 13.1 Å². The highest BCUT2D eigenvalue weighted by atomic mass is 79.9. The summed E-state index contributed by atoms with van der Waals surface area (Å²) >= 11 is 4.07. The number of benzene rings is 1. The molecule has 1 N–H and O–H groups in total. The van der Waals surface area contributed by atoms with Gasteiger partial charge in [-0.3, -0.25) is 4.79 Å². The lowest BCUT2D eigenvalue weighted by Gasteiger charge is -2.12. The van der Waals surface area contributed by atoms with E-state index < -0.39 is 22.9 Å². The van der Waals surface area contributed by atoms with Gasteiger partial charge in [-0.25, -0.2) is 4.98 Å². The molecule has 4 nitrogen and oxygen atoms in total. The first-order chi connectivity index (χ1) is 10.7. The third kappa shape index (κ3) is 2.63. The largest absolute Gasteiger partial charge is 0.507 e. The summed E-state index contributed by atoms with van der Waals surface area (Å²) in [6.45, 7) is 1.62. The fourth-order valence-corrected chi connectivity index (χ4v) is 3.16. The Morgan fingerprint density at radius 1 is 1.35 bits per heavy atom. The lowest BCUT2D eigenvalue weighted by Crippen LogP contribution is -2.16. The maximum Gasteiger partial charge on any atom is 0.450 e. The SMILES string of the molecule is Cc1nc(-c2c(C(F)(F)F)oc3c(Br)c(O)ccc3c2=O)cs1.